The molecule has 4 aromatic rings. The van der Waals surface area contributed by atoms with Gasteiger partial charge in [0.15, 0.2) is 0 Å². The van der Waals surface area contributed by atoms with Gasteiger partial charge in [0.2, 0.25) is 0 Å². The summed E-state index contributed by atoms with van der Waals surface area (Å²) in [6.07, 6.45) is 1.50. The lowest BCUT2D eigenvalue weighted by atomic mass is 10.0. The predicted octanol–water partition coefficient (Wildman–Crippen LogP) is 5.34. The van der Waals surface area contributed by atoms with Crippen molar-refractivity contribution in [1.29, 1.82) is 0 Å². The zero-order valence-electron chi connectivity index (χ0n) is 19.4. The number of hydrogen-bond donors (Lipinski definition) is 1. The summed E-state index contributed by atoms with van der Waals surface area (Å²) in [5, 5.41) is 26.0. The predicted molar refractivity (Wildman–Crippen MR) is 135 cm³/mol. The molecule has 0 radical (unpaired) electrons. The average Bonchev–Trinajstić information content (AvgIpc) is 3.16. The summed E-state index contributed by atoms with van der Waals surface area (Å²) in [6.45, 7) is 3.86. The minimum absolute atomic E-state index is 0.0429. The summed E-state index contributed by atoms with van der Waals surface area (Å²) in [5.74, 6) is -0.672. The number of hydrogen-bond acceptors (Lipinski definition) is 6. The molecule has 0 atom stereocenters. The van der Waals surface area contributed by atoms with Gasteiger partial charge in [-0.1, -0.05) is 24.3 Å². The first-order valence-corrected chi connectivity index (χ1v) is 10.9. The van der Waals surface area contributed by atoms with Crippen LogP contribution in [0.25, 0.3) is 16.8 Å². The fourth-order valence-corrected chi connectivity index (χ4v) is 3.94. The maximum Gasteiger partial charge on any atom is 0.282 e. The van der Waals surface area contributed by atoms with Gasteiger partial charge >= 0.3 is 0 Å². The molecule has 1 amide bonds. The zero-order chi connectivity index (χ0) is 25.8. The molecule has 0 aliphatic heterocycles. The standard InChI is InChI=1S/C26H21N5O5/c1-17-15-21(16-27-28-26(32)24-5-3-4-6-25(24)31(35)36)18(2)29(17)22-11-7-19(8-12-22)20-9-13-23(14-10-20)30(33)34/h3-16H,1-2H3,(H,28,32)/b27-16-. The van der Waals surface area contributed by atoms with Crippen LogP contribution in [0.4, 0.5) is 11.4 Å². The van der Waals surface area contributed by atoms with Gasteiger partial charge in [-0.2, -0.15) is 5.10 Å². The van der Waals surface area contributed by atoms with Crippen molar-refractivity contribution < 1.29 is 14.6 Å². The number of aryl methyl sites for hydroxylation is 1. The molecule has 0 spiro atoms. The van der Waals surface area contributed by atoms with Crippen LogP contribution in [0.2, 0.25) is 0 Å². The van der Waals surface area contributed by atoms with Gasteiger partial charge in [0.1, 0.15) is 5.56 Å². The van der Waals surface area contributed by atoms with Gasteiger partial charge < -0.3 is 4.57 Å². The van der Waals surface area contributed by atoms with E-state index in [0.29, 0.717) is 0 Å². The van der Waals surface area contributed by atoms with Crippen LogP contribution in [0.1, 0.15) is 27.3 Å². The molecule has 0 aliphatic rings. The van der Waals surface area contributed by atoms with Gasteiger partial charge in [-0.05, 0) is 61.4 Å². The van der Waals surface area contributed by atoms with Crippen molar-refractivity contribution in [3.63, 3.8) is 0 Å². The molecule has 0 unspecified atom stereocenters. The lowest BCUT2D eigenvalue weighted by molar-refractivity contribution is -0.385. The SMILES string of the molecule is Cc1cc(/C=N\NC(=O)c2ccccc2[N+](=O)[O-])c(C)n1-c1ccc(-c2ccc([N+](=O)[O-])cc2)cc1. The van der Waals surface area contributed by atoms with Crippen molar-refractivity contribution in [2.24, 2.45) is 5.10 Å². The molecule has 36 heavy (non-hydrogen) atoms. The van der Waals surface area contributed by atoms with Crippen LogP contribution >= 0.6 is 0 Å². The number of non-ortho nitro benzene ring substituents is 1. The quantitative estimate of drug-likeness (QED) is 0.215. The van der Waals surface area contributed by atoms with Gasteiger partial charge in [-0.25, -0.2) is 5.43 Å². The number of aromatic nitrogens is 1. The highest BCUT2D eigenvalue weighted by Crippen LogP contribution is 2.26. The van der Waals surface area contributed by atoms with E-state index in [1.807, 2.05) is 48.7 Å². The monoisotopic (exact) mass is 483 g/mol. The maximum atomic E-state index is 12.4. The minimum atomic E-state index is -0.672. The molecule has 0 bridgehead atoms. The Morgan fingerprint density at radius 2 is 1.50 bits per heavy atom. The van der Waals surface area contributed by atoms with Crippen molar-refractivity contribution in [3.8, 4) is 16.8 Å². The molecule has 0 saturated carbocycles. The second-order valence-corrected chi connectivity index (χ2v) is 7.99. The largest absolute Gasteiger partial charge is 0.318 e. The highest BCUT2D eigenvalue weighted by Gasteiger charge is 2.18. The highest BCUT2D eigenvalue weighted by molar-refractivity contribution is 5.98. The molecule has 0 fully saturated rings. The molecular weight excluding hydrogens is 462 g/mol. The summed E-state index contributed by atoms with van der Waals surface area (Å²) < 4.78 is 2.03. The topological polar surface area (TPSA) is 133 Å². The van der Waals surface area contributed by atoms with E-state index in [0.717, 1.165) is 33.8 Å². The van der Waals surface area contributed by atoms with Crippen molar-refractivity contribution >= 4 is 23.5 Å². The van der Waals surface area contributed by atoms with Gasteiger partial charge in [0.05, 0.1) is 16.1 Å². The number of nitrogens with one attached hydrogen (secondary N) is 1. The number of carbonyl (C=O) groups is 1. The normalized spacial score (nSPS) is 10.9. The number of nitrogens with zero attached hydrogens (tertiary/aromatic N) is 4. The van der Waals surface area contributed by atoms with E-state index in [2.05, 4.69) is 10.5 Å². The molecule has 0 saturated heterocycles. The Morgan fingerprint density at radius 3 is 2.11 bits per heavy atom. The number of para-hydroxylation sites is 1. The first kappa shape index (κ1) is 24.0. The van der Waals surface area contributed by atoms with Crippen LogP contribution in [-0.2, 0) is 0 Å². The lowest BCUT2D eigenvalue weighted by Gasteiger charge is -2.11. The van der Waals surface area contributed by atoms with Gasteiger partial charge in [0, 0.05) is 40.8 Å². The number of nitro groups is 2. The molecule has 10 heteroatoms. The zero-order valence-corrected chi connectivity index (χ0v) is 19.4. The number of benzene rings is 3. The smallest absolute Gasteiger partial charge is 0.282 e. The van der Waals surface area contributed by atoms with E-state index in [4.69, 9.17) is 0 Å². The highest BCUT2D eigenvalue weighted by atomic mass is 16.6. The van der Waals surface area contributed by atoms with Crippen LogP contribution in [0, 0.1) is 34.1 Å². The lowest BCUT2D eigenvalue weighted by Crippen LogP contribution is -2.19. The number of hydrazone groups is 1. The summed E-state index contributed by atoms with van der Waals surface area (Å²) in [5.41, 5.74) is 7.35. The molecule has 10 nitrogen and oxygen atoms in total. The molecule has 0 aliphatic carbocycles. The fourth-order valence-electron chi connectivity index (χ4n) is 3.94. The van der Waals surface area contributed by atoms with E-state index in [1.165, 1.54) is 36.5 Å². The number of rotatable bonds is 7. The third-order valence-corrected chi connectivity index (χ3v) is 5.72. The second kappa shape index (κ2) is 10.0. The van der Waals surface area contributed by atoms with Crippen molar-refractivity contribution in [3.05, 3.63) is 122 Å². The Bertz CT molecular complexity index is 1490. The fraction of sp³-hybridized carbons (Fsp3) is 0.0769. The molecule has 1 aromatic heterocycles. The molecular formula is C26H21N5O5. The van der Waals surface area contributed by atoms with Gasteiger partial charge in [0.25, 0.3) is 17.3 Å². The number of carbonyl (C=O) groups excluding carboxylic acids is 1. The van der Waals surface area contributed by atoms with Crippen LogP contribution in [0.15, 0.2) is 84.0 Å². The molecule has 1 N–H and O–H groups in total. The maximum absolute atomic E-state index is 12.4. The average molecular weight is 483 g/mol. The molecule has 180 valence electrons. The molecule has 3 aromatic carbocycles. The van der Waals surface area contributed by atoms with Crippen molar-refractivity contribution in [1.82, 2.24) is 9.99 Å². The minimum Gasteiger partial charge on any atom is -0.318 e. The number of nitro benzene ring substituents is 2. The summed E-state index contributed by atoms with van der Waals surface area (Å²) in [4.78, 5) is 33.3. The van der Waals surface area contributed by atoms with Crippen LogP contribution in [-0.4, -0.2) is 26.5 Å². The third-order valence-electron chi connectivity index (χ3n) is 5.72. The van der Waals surface area contributed by atoms with E-state index in [9.17, 15) is 25.0 Å². The Balaban J connectivity index is 1.52. The second-order valence-electron chi connectivity index (χ2n) is 7.99. The van der Waals surface area contributed by atoms with Crippen molar-refractivity contribution in [2.75, 3.05) is 0 Å². The third kappa shape index (κ3) is 4.87. The first-order valence-electron chi connectivity index (χ1n) is 10.9. The molecule has 1 heterocycles. The van der Waals surface area contributed by atoms with Gasteiger partial charge in [-0.15, -0.1) is 0 Å². The summed E-state index contributed by atoms with van der Waals surface area (Å²) >= 11 is 0. The Kier molecular flexibility index (Phi) is 6.68. The van der Waals surface area contributed by atoms with E-state index in [1.54, 1.807) is 18.2 Å². The summed E-state index contributed by atoms with van der Waals surface area (Å²) in [7, 11) is 0. The number of amides is 1. The summed E-state index contributed by atoms with van der Waals surface area (Å²) in [6, 6.07) is 21.8. The van der Waals surface area contributed by atoms with Crippen molar-refractivity contribution in [2.45, 2.75) is 13.8 Å². The van der Waals surface area contributed by atoms with E-state index >= 15 is 0 Å². The van der Waals surface area contributed by atoms with Crippen LogP contribution < -0.4 is 5.43 Å². The van der Waals surface area contributed by atoms with E-state index < -0.39 is 15.8 Å². The Labute approximate surface area is 205 Å². The van der Waals surface area contributed by atoms with E-state index in [-0.39, 0.29) is 16.9 Å². The Morgan fingerprint density at radius 1 is 0.889 bits per heavy atom. The van der Waals surface area contributed by atoms with Crippen LogP contribution in [0.5, 0.6) is 0 Å². The van der Waals surface area contributed by atoms with Gasteiger partial charge in [-0.3, -0.25) is 25.0 Å². The molecule has 4 rings (SSSR count). The first-order chi connectivity index (χ1) is 17.3. The van der Waals surface area contributed by atoms with Crippen LogP contribution in [0.3, 0.4) is 0 Å². The Hall–Kier alpha value is -5.12.